The fourth-order valence-electron chi connectivity index (χ4n) is 2.90. The molecule has 1 aliphatic heterocycles. The van der Waals surface area contributed by atoms with Crippen LogP contribution in [0.4, 0.5) is 0 Å². The van der Waals surface area contributed by atoms with Crippen molar-refractivity contribution < 1.29 is 9.84 Å². The summed E-state index contributed by atoms with van der Waals surface area (Å²) in [4.78, 5) is 6.96. The highest BCUT2D eigenvalue weighted by Crippen LogP contribution is 2.21. The van der Waals surface area contributed by atoms with Crippen molar-refractivity contribution in [2.75, 3.05) is 38.5 Å². The van der Waals surface area contributed by atoms with Crippen molar-refractivity contribution in [3.05, 3.63) is 35.9 Å². The quantitative estimate of drug-likeness (QED) is 0.320. The van der Waals surface area contributed by atoms with Crippen molar-refractivity contribution in [3.8, 4) is 0 Å². The maximum Gasteiger partial charge on any atom is 0.194 e. The number of nitrogens with one attached hydrogen (secondary N) is 1. The van der Waals surface area contributed by atoms with Gasteiger partial charge in [-0.25, -0.2) is 0 Å². The van der Waals surface area contributed by atoms with E-state index in [0.29, 0.717) is 11.8 Å². The summed E-state index contributed by atoms with van der Waals surface area (Å²) in [6.07, 6.45) is 0.539. The molecule has 0 amide bonds. The van der Waals surface area contributed by atoms with Crippen LogP contribution in [0.2, 0.25) is 0 Å². The summed E-state index contributed by atoms with van der Waals surface area (Å²) in [6, 6.07) is 10.1. The molecule has 7 heteroatoms. The number of aliphatic hydroxyl groups excluding tert-OH is 1. The van der Waals surface area contributed by atoms with E-state index in [1.54, 1.807) is 0 Å². The first kappa shape index (κ1) is 24.5. The van der Waals surface area contributed by atoms with Crippen LogP contribution >= 0.6 is 35.7 Å². The Balaban J connectivity index is 0.00000364. The number of guanidine groups is 1. The Morgan fingerprint density at radius 1 is 1.37 bits per heavy atom. The summed E-state index contributed by atoms with van der Waals surface area (Å²) in [7, 11) is 0. The molecule has 0 radical (unpaired) electrons. The molecular weight excluding hydrogens is 473 g/mol. The van der Waals surface area contributed by atoms with Crippen LogP contribution in [0.5, 0.6) is 0 Å². The minimum absolute atomic E-state index is 0. The van der Waals surface area contributed by atoms with Crippen LogP contribution in [0.25, 0.3) is 0 Å². The van der Waals surface area contributed by atoms with Gasteiger partial charge < -0.3 is 20.1 Å². The molecule has 0 aromatic heterocycles. The van der Waals surface area contributed by atoms with E-state index in [2.05, 4.69) is 29.1 Å². The standard InChI is InChI=1S/C20H33N3O2S.HI/c1-4-19-14-23(11-12-26-19)20(21-5-2)22-13-18(24)15-25-16(3)17-9-7-6-8-10-17;/h6-10,16,18-19,24H,4-5,11-15H2,1-3H3,(H,21,22);1H. The number of halogens is 1. The maximum atomic E-state index is 10.3. The molecule has 0 saturated carbocycles. The number of benzene rings is 1. The molecule has 0 bridgehead atoms. The topological polar surface area (TPSA) is 57.1 Å². The van der Waals surface area contributed by atoms with Gasteiger partial charge in [0.2, 0.25) is 0 Å². The predicted molar refractivity (Wildman–Crippen MR) is 126 cm³/mol. The van der Waals surface area contributed by atoms with Crippen molar-refractivity contribution >= 4 is 41.7 Å². The Morgan fingerprint density at radius 2 is 2.11 bits per heavy atom. The van der Waals surface area contributed by atoms with Crippen molar-refractivity contribution in [1.82, 2.24) is 10.2 Å². The highest BCUT2D eigenvalue weighted by molar-refractivity contribution is 14.0. The molecule has 2 rings (SSSR count). The molecule has 3 unspecified atom stereocenters. The number of aliphatic imine (C=N–C) groups is 1. The number of aliphatic hydroxyl groups is 1. The van der Waals surface area contributed by atoms with Gasteiger partial charge in [0.15, 0.2) is 5.96 Å². The summed E-state index contributed by atoms with van der Waals surface area (Å²) in [6.45, 7) is 9.81. The Morgan fingerprint density at radius 3 is 2.78 bits per heavy atom. The van der Waals surface area contributed by atoms with Crippen molar-refractivity contribution in [3.63, 3.8) is 0 Å². The van der Waals surface area contributed by atoms with Crippen LogP contribution in [0.3, 0.4) is 0 Å². The summed E-state index contributed by atoms with van der Waals surface area (Å²) >= 11 is 2.04. The number of ether oxygens (including phenoxy) is 1. The smallest absolute Gasteiger partial charge is 0.194 e. The summed E-state index contributed by atoms with van der Waals surface area (Å²) < 4.78 is 5.81. The minimum atomic E-state index is -0.601. The molecule has 5 nitrogen and oxygen atoms in total. The van der Waals surface area contributed by atoms with Crippen LogP contribution < -0.4 is 5.32 Å². The Kier molecular flexibility index (Phi) is 12.4. The molecule has 1 aromatic carbocycles. The molecule has 3 atom stereocenters. The lowest BCUT2D eigenvalue weighted by atomic mass is 10.1. The van der Waals surface area contributed by atoms with Gasteiger partial charge in [-0.2, -0.15) is 11.8 Å². The van der Waals surface area contributed by atoms with Crippen LogP contribution in [0, 0.1) is 0 Å². The molecule has 1 heterocycles. The number of hydrogen-bond donors (Lipinski definition) is 2. The van der Waals surface area contributed by atoms with Gasteiger partial charge in [0.25, 0.3) is 0 Å². The van der Waals surface area contributed by atoms with Crippen LogP contribution in [0.15, 0.2) is 35.3 Å². The normalized spacial score (nSPS) is 19.9. The van der Waals surface area contributed by atoms with Crippen molar-refractivity contribution in [2.45, 2.75) is 44.6 Å². The van der Waals surface area contributed by atoms with Gasteiger partial charge in [-0.05, 0) is 25.8 Å². The zero-order chi connectivity index (χ0) is 18.8. The first-order valence-electron chi connectivity index (χ1n) is 9.63. The second-order valence-electron chi connectivity index (χ2n) is 6.58. The molecule has 1 aromatic rings. The third kappa shape index (κ3) is 8.58. The van der Waals surface area contributed by atoms with Gasteiger partial charge in [0.05, 0.1) is 25.4 Å². The van der Waals surface area contributed by atoms with Crippen LogP contribution in [-0.4, -0.2) is 65.9 Å². The number of thioether (sulfide) groups is 1. The van der Waals surface area contributed by atoms with Gasteiger partial charge >= 0.3 is 0 Å². The van der Waals surface area contributed by atoms with Gasteiger partial charge in [-0.15, -0.1) is 24.0 Å². The molecule has 2 N–H and O–H groups in total. The third-order valence-corrected chi connectivity index (χ3v) is 5.86. The van der Waals surface area contributed by atoms with E-state index in [4.69, 9.17) is 4.74 Å². The van der Waals surface area contributed by atoms with Gasteiger partial charge in [-0.3, -0.25) is 4.99 Å². The van der Waals surface area contributed by atoms with Gasteiger partial charge in [0, 0.05) is 30.6 Å². The molecule has 27 heavy (non-hydrogen) atoms. The fraction of sp³-hybridized carbons (Fsp3) is 0.650. The summed E-state index contributed by atoms with van der Waals surface area (Å²) in [5.41, 5.74) is 1.12. The third-order valence-electron chi connectivity index (χ3n) is 4.49. The SMILES string of the molecule is CCNC(=NCC(O)COC(C)c1ccccc1)N1CCSC(CC)C1.I. The maximum absolute atomic E-state index is 10.3. The van der Waals surface area contributed by atoms with Crippen molar-refractivity contribution in [2.24, 2.45) is 4.99 Å². The Labute approximate surface area is 185 Å². The van der Waals surface area contributed by atoms with E-state index < -0.39 is 6.10 Å². The highest BCUT2D eigenvalue weighted by Gasteiger charge is 2.21. The highest BCUT2D eigenvalue weighted by atomic mass is 127. The van der Waals surface area contributed by atoms with E-state index in [9.17, 15) is 5.11 Å². The fourth-order valence-corrected chi connectivity index (χ4v) is 4.08. The molecule has 1 saturated heterocycles. The second kappa shape index (κ2) is 13.6. The number of rotatable bonds is 8. The van der Waals surface area contributed by atoms with E-state index in [-0.39, 0.29) is 36.7 Å². The van der Waals surface area contributed by atoms with Crippen LogP contribution in [-0.2, 0) is 4.74 Å². The zero-order valence-corrected chi connectivity index (χ0v) is 19.8. The molecule has 154 valence electrons. The van der Waals surface area contributed by atoms with Crippen molar-refractivity contribution in [1.29, 1.82) is 0 Å². The molecular formula is C20H34IN3O2S. The number of nitrogens with zero attached hydrogens (tertiary/aromatic N) is 2. The van der Waals surface area contributed by atoms with Crippen LogP contribution in [0.1, 0.15) is 38.9 Å². The van der Waals surface area contributed by atoms with Gasteiger partial charge in [-0.1, -0.05) is 37.3 Å². The first-order chi connectivity index (χ1) is 12.6. The molecule has 1 aliphatic rings. The monoisotopic (exact) mass is 507 g/mol. The van der Waals surface area contributed by atoms with Gasteiger partial charge in [0.1, 0.15) is 0 Å². The summed E-state index contributed by atoms with van der Waals surface area (Å²) in [5.74, 6) is 2.03. The lowest BCUT2D eigenvalue weighted by Crippen LogP contribution is -2.48. The average molecular weight is 507 g/mol. The Hall–Kier alpha value is -0.510. The Bertz CT molecular complexity index is 547. The van der Waals surface area contributed by atoms with E-state index in [0.717, 1.165) is 36.9 Å². The zero-order valence-electron chi connectivity index (χ0n) is 16.6. The lowest BCUT2D eigenvalue weighted by molar-refractivity contribution is 0.00105. The lowest BCUT2D eigenvalue weighted by Gasteiger charge is -2.34. The summed E-state index contributed by atoms with van der Waals surface area (Å²) in [5, 5.41) is 14.3. The number of hydrogen-bond acceptors (Lipinski definition) is 4. The van der Waals surface area contributed by atoms with E-state index in [1.807, 2.05) is 49.0 Å². The molecule has 1 fully saturated rings. The largest absolute Gasteiger partial charge is 0.389 e. The average Bonchev–Trinajstić information content (AvgIpc) is 2.69. The van der Waals surface area contributed by atoms with E-state index in [1.165, 1.54) is 6.42 Å². The molecule has 0 spiro atoms. The predicted octanol–water partition coefficient (Wildman–Crippen LogP) is 3.54. The second-order valence-corrected chi connectivity index (χ2v) is 7.99. The van der Waals surface area contributed by atoms with E-state index >= 15 is 0 Å². The molecule has 0 aliphatic carbocycles. The minimum Gasteiger partial charge on any atom is -0.389 e. The first-order valence-corrected chi connectivity index (χ1v) is 10.7.